The molecular formula is C20H36IN5O2. The molecule has 1 heterocycles. The average Bonchev–Trinajstić information content (AvgIpc) is 2.61. The lowest BCUT2D eigenvalue weighted by molar-refractivity contribution is 0.0232. The van der Waals surface area contributed by atoms with Crippen LogP contribution in [-0.2, 0) is 11.3 Å². The van der Waals surface area contributed by atoms with Crippen LogP contribution in [0.15, 0.2) is 29.5 Å². The van der Waals surface area contributed by atoms with Crippen LogP contribution in [0.3, 0.4) is 0 Å². The Morgan fingerprint density at radius 2 is 2.04 bits per heavy atom. The van der Waals surface area contributed by atoms with E-state index in [4.69, 9.17) is 4.74 Å². The number of hydrogen-bond donors (Lipinski definition) is 2. The van der Waals surface area contributed by atoms with Gasteiger partial charge in [-0.1, -0.05) is 13.0 Å². The third-order valence-electron chi connectivity index (χ3n) is 3.48. The Balaban J connectivity index is 0.00000729. The molecule has 2 N–H and O–H groups in total. The van der Waals surface area contributed by atoms with Crippen molar-refractivity contribution in [3.05, 3.63) is 30.1 Å². The maximum atomic E-state index is 12.6. The van der Waals surface area contributed by atoms with Gasteiger partial charge in [0.25, 0.3) is 0 Å². The standard InChI is InChI=1S/C20H35N5O2.HI/c1-6-11-23-18(22-7-2)24-13-9-14-25(19(26)27-20(3,4)5)16-17-10-8-12-21-15-17;/h8,10,12,15H,6-7,9,11,13-14,16H2,1-5H3,(H2,22,23,24);1H. The maximum absolute atomic E-state index is 12.6. The number of pyridine rings is 1. The Kier molecular flexibility index (Phi) is 13.6. The summed E-state index contributed by atoms with van der Waals surface area (Å²) in [5.41, 5.74) is 0.460. The van der Waals surface area contributed by atoms with Crippen molar-refractivity contribution in [2.24, 2.45) is 4.99 Å². The SMILES string of the molecule is CCCN=C(NCC)NCCCN(Cc1cccnc1)C(=O)OC(C)(C)C.I. The molecule has 7 nitrogen and oxygen atoms in total. The smallest absolute Gasteiger partial charge is 0.410 e. The largest absolute Gasteiger partial charge is 0.444 e. The molecule has 1 amide bonds. The summed E-state index contributed by atoms with van der Waals surface area (Å²) in [6.07, 6.45) is 4.99. The van der Waals surface area contributed by atoms with Gasteiger partial charge in [-0.05, 0) is 52.2 Å². The van der Waals surface area contributed by atoms with Crippen LogP contribution in [0.1, 0.15) is 53.0 Å². The number of nitrogens with one attached hydrogen (secondary N) is 2. The van der Waals surface area contributed by atoms with E-state index in [1.54, 1.807) is 17.3 Å². The van der Waals surface area contributed by atoms with E-state index in [-0.39, 0.29) is 30.1 Å². The highest BCUT2D eigenvalue weighted by Crippen LogP contribution is 2.12. The van der Waals surface area contributed by atoms with Crippen LogP contribution in [0, 0.1) is 0 Å². The van der Waals surface area contributed by atoms with Crippen molar-refractivity contribution in [3.8, 4) is 0 Å². The Morgan fingerprint density at radius 3 is 2.61 bits per heavy atom. The third-order valence-corrected chi connectivity index (χ3v) is 3.48. The van der Waals surface area contributed by atoms with Crippen molar-refractivity contribution in [3.63, 3.8) is 0 Å². The Morgan fingerprint density at radius 1 is 1.29 bits per heavy atom. The molecule has 0 spiro atoms. The zero-order chi connectivity index (χ0) is 20.1. The molecule has 0 radical (unpaired) electrons. The summed E-state index contributed by atoms with van der Waals surface area (Å²) in [7, 11) is 0. The number of guanidine groups is 1. The first-order valence-electron chi connectivity index (χ1n) is 9.74. The van der Waals surface area contributed by atoms with Gasteiger partial charge in [-0.15, -0.1) is 24.0 Å². The minimum Gasteiger partial charge on any atom is -0.444 e. The van der Waals surface area contributed by atoms with Gasteiger partial charge in [0.2, 0.25) is 0 Å². The first-order chi connectivity index (χ1) is 12.9. The molecule has 0 aliphatic rings. The molecule has 0 aromatic carbocycles. The zero-order valence-electron chi connectivity index (χ0n) is 17.8. The van der Waals surface area contributed by atoms with Gasteiger partial charge in [-0.2, -0.15) is 0 Å². The summed E-state index contributed by atoms with van der Waals surface area (Å²) < 4.78 is 5.55. The van der Waals surface area contributed by atoms with Gasteiger partial charge in [0.1, 0.15) is 5.60 Å². The number of amides is 1. The summed E-state index contributed by atoms with van der Waals surface area (Å²) in [4.78, 5) is 22.9. The van der Waals surface area contributed by atoms with Gasteiger partial charge < -0.3 is 20.3 Å². The van der Waals surface area contributed by atoms with E-state index in [0.717, 1.165) is 44.0 Å². The van der Waals surface area contributed by atoms with Crippen LogP contribution in [0.5, 0.6) is 0 Å². The molecule has 0 unspecified atom stereocenters. The number of halogens is 1. The van der Waals surface area contributed by atoms with Crippen molar-refractivity contribution >= 4 is 36.0 Å². The monoisotopic (exact) mass is 505 g/mol. The molecule has 0 aliphatic heterocycles. The van der Waals surface area contributed by atoms with E-state index in [0.29, 0.717) is 13.1 Å². The Bertz CT molecular complexity index is 576. The number of aromatic nitrogens is 1. The van der Waals surface area contributed by atoms with E-state index >= 15 is 0 Å². The quantitative estimate of drug-likeness (QED) is 0.231. The van der Waals surface area contributed by atoms with E-state index in [9.17, 15) is 4.79 Å². The predicted molar refractivity (Wildman–Crippen MR) is 125 cm³/mol. The van der Waals surface area contributed by atoms with Gasteiger partial charge in [0, 0.05) is 38.6 Å². The molecule has 160 valence electrons. The second kappa shape index (κ2) is 14.4. The van der Waals surface area contributed by atoms with Crippen LogP contribution in [0.25, 0.3) is 0 Å². The molecule has 0 atom stereocenters. The Hall–Kier alpha value is -1.58. The van der Waals surface area contributed by atoms with Crippen LogP contribution in [0.2, 0.25) is 0 Å². The van der Waals surface area contributed by atoms with E-state index in [1.165, 1.54) is 0 Å². The van der Waals surface area contributed by atoms with Crippen molar-refractivity contribution in [2.45, 2.75) is 59.6 Å². The van der Waals surface area contributed by atoms with Gasteiger partial charge in [-0.25, -0.2) is 4.79 Å². The molecular weight excluding hydrogens is 469 g/mol. The summed E-state index contributed by atoms with van der Waals surface area (Å²) in [6.45, 7) is 13.2. The van der Waals surface area contributed by atoms with Gasteiger partial charge >= 0.3 is 6.09 Å². The van der Waals surface area contributed by atoms with Crippen molar-refractivity contribution in [2.75, 3.05) is 26.2 Å². The number of nitrogens with zero attached hydrogens (tertiary/aromatic N) is 3. The molecule has 1 rings (SSSR count). The predicted octanol–water partition coefficient (Wildman–Crippen LogP) is 3.79. The van der Waals surface area contributed by atoms with Crippen molar-refractivity contribution in [1.82, 2.24) is 20.5 Å². The molecule has 8 heteroatoms. The van der Waals surface area contributed by atoms with Gasteiger partial charge in [0.05, 0.1) is 6.54 Å². The normalized spacial score (nSPS) is 11.4. The lowest BCUT2D eigenvalue weighted by atomic mass is 10.2. The highest BCUT2D eigenvalue weighted by molar-refractivity contribution is 14.0. The van der Waals surface area contributed by atoms with Crippen LogP contribution in [0.4, 0.5) is 4.79 Å². The molecule has 0 fully saturated rings. The zero-order valence-corrected chi connectivity index (χ0v) is 20.2. The minimum atomic E-state index is -0.520. The molecule has 0 aliphatic carbocycles. The second-order valence-electron chi connectivity index (χ2n) is 7.30. The van der Waals surface area contributed by atoms with Crippen LogP contribution < -0.4 is 10.6 Å². The minimum absolute atomic E-state index is 0. The van der Waals surface area contributed by atoms with Gasteiger partial charge in [0.15, 0.2) is 5.96 Å². The fourth-order valence-corrected chi connectivity index (χ4v) is 2.32. The van der Waals surface area contributed by atoms with E-state index in [1.807, 2.05) is 39.8 Å². The molecule has 28 heavy (non-hydrogen) atoms. The lowest BCUT2D eigenvalue weighted by Crippen LogP contribution is -2.40. The fraction of sp³-hybridized carbons (Fsp3) is 0.650. The number of rotatable bonds is 9. The molecule has 0 saturated heterocycles. The van der Waals surface area contributed by atoms with Crippen molar-refractivity contribution < 1.29 is 9.53 Å². The number of ether oxygens (including phenoxy) is 1. The molecule has 0 bridgehead atoms. The first-order valence-corrected chi connectivity index (χ1v) is 9.74. The number of carbonyl (C=O) groups excluding carboxylic acids is 1. The summed E-state index contributed by atoms with van der Waals surface area (Å²) in [6, 6.07) is 3.83. The second-order valence-corrected chi connectivity index (χ2v) is 7.30. The highest BCUT2D eigenvalue weighted by Gasteiger charge is 2.22. The summed E-state index contributed by atoms with van der Waals surface area (Å²) in [5, 5.41) is 6.53. The highest BCUT2D eigenvalue weighted by atomic mass is 127. The van der Waals surface area contributed by atoms with Crippen LogP contribution >= 0.6 is 24.0 Å². The Labute approximate surface area is 186 Å². The molecule has 1 aromatic rings. The van der Waals surface area contributed by atoms with E-state index < -0.39 is 5.60 Å². The number of hydrogen-bond acceptors (Lipinski definition) is 4. The number of carbonyl (C=O) groups is 1. The summed E-state index contributed by atoms with van der Waals surface area (Å²) in [5.74, 6) is 0.815. The third kappa shape index (κ3) is 12.0. The summed E-state index contributed by atoms with van der Waals surface area (Å²) >= 11 is 0. The van der Waals surface area contributed by atoms with Crippen molar-refractivity contribution in [1.29, 1.82) is 0 Å². The average molecular weight is 505 g/mol. The van der Waals surface area contributed by atoms with Gasteiger partial charge in [-0.3, -0.25) is 9.98 Å². The fourth-order valence-electron chi connectivity index (χ4n) is 2.32. The van der Waals surface area contributed by atoms with E-state index in [2.05, 4.69) is 27.5 Å². The molecule has 1 aromatic heterocycles. The first kappa shape index (κ1) is 26.4. The van der Waals surface area contributed by atoms with Crippen LogP contribution in [-0.4, -0.2) is 53.7 Å². The molecule has 0 saturated carbocycles. The number of aliphatic imine (C=N–C) groups is 1. The lowest BCUT2D eigenvalue weighted by Gasteiger charge is -2.27. The topological polar surface area (TPSA) is 78.9 Å². The maximum Gasteiger partial charge on any atom is 0.410 e.